The van der Waals surface area contributed by atoms with E-state index in [0.717, 1.165) is 0 Å². The zero-order chi connectivity index (χ0) is 6.08. The molecule has 46 valence electrons. The molecule has 4 heteroatoms. The minimum absolute atomic E-state index is 0. The van der Waals surface area contributed by atoms with Crippen LogP contribution in [0.25, 0.3) is 0 Å². The van der Waals surface area contributed by atoms with Crippen molar-refractivity contribution in [2.45, 2.75) is 19.4 Å². The Labute approximate surface area is 85.0 Å². The molecule has 0 unspecified atom stereocenters. The summed E-state index contributed by atoms with van der Waals surface area (Å²) < 4.78 is 0. The van der Waals surface area contributed by atoms with Gasteiger partial charge in [0.05, 0.1) is 0 Å². The molecule has 0 aromatic carbocycles. The summed E-state index contributed by atoms with van der Waals surface area (Å²) in [6.07, 6.45) is 0. The number of aliphatic carboxylic acids is 1. The van der Waals surface area contributed by atoms with Gasteiger partial charge in [0.1, 0.15) is 0 Å². The fourth-order valence-corrected chi connectivity index (χ4v) is 0. The Morgan fingerprint density at radius 1 is 1.50 bits per heavy atom. The summed E-state index contributed by atoms with van der Waals surface area (Å²) in [5.41, 5.74) is -1.58. The number of hydrogen-bond acceptors (Lipinski definition) is 2. The van der Waals surface area contributed by atoms with Gasteiger partial charge >= 0.3 is 51.5 Å². The second kappa shape index (κ2) is 3.85. The number of rotatable bonds is 1. The van der Waals surface area contributed by atoms with Crippen molar-refractivity contribution in [3.63, 3.8) is 0 Å². The molecule has 0 aromatic heterocycles. The molecule has 0 rings (SSSR count). The predicted octanol–water partition coefficient (Wildman–Crippen LogP) is -1.07. The second-order valence-corrected chi connectivity index (χ2v) is 1.86. The summed E-state index contributed by atoms with van der Waals surface area (Å²) in [6.45, 7) is 2.44. The van der Waals surface area contributed by atoms with Crippen LogP contribution in [0, 0.1) is 0 Å². The maximum absolute atomic E-state index is 9.77. The fraction of sp³-hybridized carbons (Fsp3) is 0.750. The first-order valence-electron chi connectivity index (χ1n) is 1.90. The molecule has 0 radical (unpaired) electrons. The normalized spacial score (nSPS) is 9.88. The van der Waals surface area contributed by atoms with Crippen molar-refractivity contribution >= 4 is 51.5 Å². The van der Waals surface area contributed by atoms with E-state index < -0.39 is 11.6 Å². The Bertz CT molecular complexity index is 83.8. The Morgan fingerprint density at radius 2 is 1.62 bits per heavy atom. The van der Waals surface area contributed by atoms with Crippen LogP contribution in [0.5, 0.6) is 0 Å². The molecular weight excluding hydrogens is 184 g/mol. The molecule has 0 bridgehead atoms. The van der Waals surface area contributed by atoms with Crippen molar-refractivity contribution in [1.82, 2.24) is 0 Å². The minimum atomic E-state index is -1.58. The van der Waals surface area contributed by atoms with Gasteiger partial charge in [0.25, 0.3) is 0 Å². The van der Waals surface area contributed by atoms with E-state index in [1.165, 1.54) is 13.8 Å². The third-order valence-electron chi connectivity index (χ3n) is 0.523. The van der Waals surface area contributed by atoms with Crippen LogP contribution in [0.15, 0.2) is 0 Å². The van der Waals surface area contributed by atoms with E-state index >= 15 is 0 Å². The van der Waals surface area contributed by atoms with E-state index in [4.69, 9.17) is 10.2 Å². The van der Waals surface area contributed by atoms with Gasteiger partial charge in [0, 0.05) is 0 Å². The van der Waals surface area contributed by atoms with Gasteiger partial charge in [-0.2, -0.15) is 0 Å². The number of aliphatic hydroxyl groups is 1. The van der Waals surface area contributed by atoms with Gasteiger partial charge in [0.2, 0.25) is 0 Å². The molecule has 0 aliphatic rings. The van der Waals surface area contributed by atoms with Crippen molar-refractivity contribution < 1.29 is 15.0 Å². The summed E-state index contributed by atoms with van der Waals surface area (Å²) in [6, 6.07) is 0. The van der Waals surface area contributed by atoms with E-state index in [1.807, 2.05) is 0 Å². The Balaban J connectivity index is 0. The van der Waals surface area contributed by atoms with Crippen LogP contribution >= 0.6 is 0 Å². The SMILES string of the molecule is CC(C)(O)C(=O)O.[SrH2]. The quantitative estimate of drug-likeness (QED) is 0.522. The molecule has 0 saturated carbocycles. The summed E-state index contributed by atoms with van der Waals surface area (Å²) in [7, 11) is 0. The van der Waals surface area contributed by atoms with Gasteiger partial charge in [-0.05, 0) is 13.8 Å². The molecule has 0 spiro atoms. The summed E-state index contributed by atoms with van der Waals surface area (Å²) in [4.78, 5) is 9.77. The third kappa shape index (κ3) is 5.06. The van der Waals surface area contributed by atoms with E-state index in [1.54, 1.807) is 0 Å². The fourth-order valence-electron chi connectivity index (χ4n) is 0. The Hall–Kier alpha value is 0.911. The van der Waals surface area contributed by atoms with Crippen LogP contribution in [-0.4, -0.2) is 67.3 Å². The molecule has 0 aliphatic heterocycles. The van der Waals surface area contributed by atoms with E-state index in [2.05, 4.69) is 0 Å². The zero-order valence-electron chi connectivity index (χ0n) is 4.30. The van der Waals surface area contributed by atoms with Crippen LogP contribution in [0.3, 0.4) is 0 Å². The first-order valence-corrected chi connectivity index (χ1v) is 1.90. The summed E-state index contributed by atoms with van der Waals surface area (Å²) in [5, 5.41) is 16.5. The number of carbonyl (C=O) groups is 1. The number of carboxylic acid groups (broad SMARTS) is 1. The van der Waals surface area contributed by atoms with Crippen molar-refractivity contribution in [3.8, 4) is 0 Å². The van der Waals surface area contributed by atoms with E-state index in [-0.39, 0.29) is 45.5 Å². The monoisotopic (exact) mass is 194 g/mol. The first-order chi connectivity index (χ1) is 2.94. The van der Waals surface area contributed by atoms with Crippen molar-refractivity contribution in [1.29, 1.82) is 0 Å². The van der Waals surface area contributed by atoms with Gasteiger partial charge in [-0.3, -0.25) is 0 Å². The Kier molecular flexibility index (Phi) is 5.61. The summed E-state index contributed by atoms with van der Waals surface area (Å²) >= 11 is 0. The van der Waals surface area contributed by atoms with Crippen LogP contribution < -0.4 is 0 Å². The molecular formula is C4H10O3Sr. The number of hydrogen-bond donors (Lipinski definition) is 2. The average molecular weight is 194 g/mol. The van der Waals surface area contributed by atoms with Crippen LogP contribution in [0.4, 0.5) is 0 Å². The van der Waals surface area contributed by atoms with Gasteiger partial charge in [-0.1, -0.05) is 0 Å². The number of carboxylic acids is 1. The third-order valence-corrected chi connectivity index (χ3v) is 0.523. The molecule has 0 aliphatic carbocycles. The predicted molar refractivity (Wildman–Crippen MR) is 32.5 cm³/mol. The molecule has 8 heavy (non-hydrogen) atoms. The van der Waals surface area contributed by atoms with Crippen molar-refractivity contribution in [3.05, 3.63) is 0 Å². The van der Waals surface area contributed by atoms with Crippen LogP contribution in [-0.2, 0) is 4.79 Å². The Morgan fingerprint density at radius 3 is 1.62 bits per heavy atom. The standard InChI is InChI=1S/C4H8O3.Sr.2H/c1-4(2,7)3(5)6;;;/h7H,1-2H3,(H,5,6);;;. The van der Waals surface area contributed by atoms with Crippen molar-refractivity contribution in [2.75, 3.05) is 0 Å². The van der Waals surface area contributed by atoms with Gasteiger partial charge in [-0.15, -0.1) is 0 Å². The molecule has 0 atom stereocenters. The molecule has 2 N–H and O–H groups in total. The van der Waals surface area contributed by atoms with Gasteiger partial charge in [-0.25, -0.2) is 4.79 Å². The molecule has 3 nitrogen and oxygen atoms in total. The van der Waals surface area contributed by atoms with Crippen molar-refractivity contribution in [2.24, 2.45) is 0 Å². The molecule has 0 heterocycles. The zero-order valence-corrected chi connectivity index (χ0v) is 4.30. The van der Waals surface area contributed by atoms with E-state index in [0.29, 0.717) is 0 Å². The average Bonchev–Trinajstić information content (AvgIpc) is 1.31. The van der Waals surface area contributed by atoms with Gasteiger partial charge in [0.15, 0.2) is 5.60 Å². The van der Waals surface area contributed by atoms with Gasteiger partial charge < -0.3 is 10.2 Å². The summed E-state index contributed by atoms with van der Waals surface area (Å²) in [5.74, 6) is -1.20. The molecule has 0 fully saturated rings. The maximum atomic E-state index is 9.77. The first kappa shape index (κ1) is 11.7. The molecule has 0 amide bonds. The van der Waals surface area contributed by atoms with Crippen LogP contribution in [0.2, 0.25) is 0 Å². The van der Waals surface area contributed by atoms with E-state index in [9.17, 15) is 4.79 Å². The second-order valence-electron chi connectivity index (χ2n) is 1.86. The van der Waals surface area contributed by atoms with Crippen LogP contribution in [0.1, 0.15) is 13.8 Å². The molecule has 0 saturated heterocycles. The topological polar surface area (TPSA) is 57.5 Å². The molecule has 0 aromatic rings.